The van der Waals surface area contributed by atoms with Gasteiger partial charge in [-0.2, -0.15) is 0 Å². The number of halogens is 2. The number of hydrogen-bond acceptors (Lipinski definition) is 2. The van der Waals surface area contributed by atoms with Crippen molar-refractivity contribution < 1.29 is 4.39 Å². The lowest BCUT2D eigenvalue weighted by atomic mass is 9.94. The third kappa shape index (κ3) is 2.45. The first-order chi connectivity index (χ1) is 8.72. The van der Waals surface area contributed by atoms with E-state index in [0.717, 1.165) is 12.1 Å². The molecule has 0 aliphatic heterocycles. The molecule has 1 aliphatic rings. The molecular formula is C14H13BrFNS. The summed E-state index contributed by atoms with van der Waals surface area (Å²) in [7, 11) is 0. The summed E-state index contributed by atoms with van der Waals surface area (Å²) in [5.74, 6) is -0.192. The number of fused-ring (bicyclic) bond motifs is 1. The van der Waals surface area contributed by atoms with Crippen LogP contribution in [0.3, 0.4) is 0 Å². The molecule has 94 valence electrons. The number of hydrogen-bond donors (Lipinski definition) is 1. The Morgan fingerprint density at radius 1 is 1.28 bits per heavy atom. The predicted octanol–water partition coefficient (Wildman–Crippen LogP) is 5.14. The molecule has 0 bridgehead atoms. The molecule has 0 saturated carbocycles. The van der Waals surface area contributed by atoms with Gasteiger partial charge in [0, 0.05) is 10.6 Å². The third-order valence-corrected chi connectivity index (χ3v) is 4.98. The summed E-state index contributed by atoms with van der Waals surface area (Å²) in [5.41, 5.74) is 2.37. The quantitative estimate of drug-likeness (QED) is 0.806. The Hall–Kier alpha value is -0.870. The van der Waals surface area contributed by atoms with Crippen LogP contribution in [0.5, 0.6) is 0 Å². The fraction of sp³-hybridized carbons (Fsp3) is 0.286. The number of rotatable bonds is 2. The Morgan fingerprint density at radius 2 is 2.06 bits per heavy atom. The largest absolute Gasteiger partial charge is 0.378 e. The summed E-state index contributed by atoms with van der Waals surface area (Å²) in [5, 5.41) is 3.50. The normalized spacial score (nSPS) is 18.4. The topological polar surface area (TPSA) is 12.0 Å². The molecule has 0 amide bonds. The lowest BCUT2D eigenvalue weighted by Crippen LogP contribution is -2.15. The number of anilines is 1. The highest BCUT2D eigenvalue weighted by Crippen LogP contribution is 2.39. The van der Waals surface area contributed by atoms with Crippen molar-refractivity contribution in [2.75, 3.05) is 5.32 Å². The monoisotopic (exact) mass is 325 g/mol. The predicted molar refractivity (Wildman–Crippen MR) is 77.7 cm³/mol. The SMILES string of the molecule is Fc1ccc(NC2CCCc3sc(Br)cc32)cc1. The minimum atomic E-state index is -0.192. The summed E-state index contributed by atoms with van der Waals surface area (Å²) in [4.78, 5) is 1.47. The Balaban J connectivity index is 1.83. The van der Waals surface area contributed by atoms with Crippen molar-refractivity contribution in [2.45, 2.75) is 25.3 Å². The van der Waals surface area contributed by atoms with Gasteiger partial charge >= 0.3 is 0 Å². The van der Waals surface area contributed by atoms with Crippen LogP contribution in [0.25, 0.3) is 0 Å². The van der Waals surface area contributed by atoms with E-state index in [2.05, 4.69) is 27.3 Å². The highest BCUT2D eigenvalue weighted by Gasteiger charge is 2.22. The van der Waals surface area contributed by atoms with E-state index in [1.165, 1.54) is 39.2 Å². The van der Waals surface area contributed by atoms with Gasteiger partial charge < -0.3 is 5.32 Å². The zero-order valence-corrected chi connectivity index (χ0v) is 12.2. The van der Waals surface area contributed by atoms with Crippen molar-refractivity contribution in [1.29, 1.82) is 0 Å². The van der Waals surface area contributed by atoms with Gasteiger partial charge in [0.2, 0.25) is 0 Å². The highest BCUT2D eigenvalue weighted by molar-refractivity contribution is 9.11. The minimum Gasteiger partial charge on any atom is -0.378 e. The molecule has 3 rings (SSSR count). The van der Waals surface area contributed by atoms with Crippen LogP contribution in [0.1, 0.15) is 29.3 Å². The van der Waals surface area contributed by atoms with E-state index in [0.29, 0.717) is 6.04 Å². The van der Waals surface area contributed by atoms with Gasteiger partial charge in [-0.3, -0.25) is 0 Å². The van der Waals surface area contributed by atoms with Crippen LogP contribution in [0.15, 0.2) is 34.1 Å². The summed E-state index contributed by atoms with van der Waals surface area (Å²) in [6.07, 6.45) is 3.51. The molecular weight excluding hydrogens is 313 g/mol. The van der Waals surface area contributed by atoms with Crippen molar-refractivity contribution >= 4 is 33.0 Å². The molecule has 1 unspecified atom stereocenters. The van der Waals surface area contributed by atoms with Crippen LogP contribution in [0.2, 0.25) is 0 Å². The van der Waals surface area contributed by atoms with E-state index in [1.54, 1.807) is 12.1 Å². The summed E-state index contributed by atoms with van der Waals surface area (Å²) >= 11 is 5.38. The third-order valence-electron chi connectivity index (χ3n) is 3.27. The second-order valence-electron chi connectivity index (χ2n) is 4.53. The fourth-order valence-electron chi connectivity index (χ4n) is 2.42. The van der Waals surface area contributed by atoms with E-state index >= 15 is 0 Å². The highest BCUT2D eigenvalue weighted by atomic mass is 79.9. The Morgan fingerprint density at radius 3 is 2.83 bits per heavy atom. The maximum absolute atomic E-state index is 12.9. The van der Waals surface area contributed by atoms with E-state index in [1.807, 2.05) is 11.3 Å². The molecule has 1 atom stereocenters. The summed E-state index contributed by atoms with van der Waals surface area (Å²) in [6.45, 7) is 0. The second-order valence-corrected chi connectivity index (χ2v) is 7.04. The lowest BCUT2D eigenvalue weighted by molar-refractivity contribution is 0.607. The van der Waals surface area contributed by atoms with Crippen molar-refractivity contribution in [3.63, 3.8) is 0 Å². The minimum absolute atomic E-state index is 0.192. The van der Waals surface area contributed by atoms with Gasteiger partial charge in [-0.25, -0.2) is 4.39 Å². The van der Waals surface area contributed by atoms with Gasteiger partial charge in [0.05, 0.1) is 9.83 Å². The fourth-order valence-corrected chi connectivity index (χ4v) is 4.24. The summed E-state index contributed by atoms with van der Waals surface area (Å²) < 4.78 is 14.1. The van der Waals surface area contributed by atoms with Crippen LogP contribution >= 0.6 is 27.3 Å². The smallest absolute Gasteiger partial charge is 0.123 e. The first kappa shape index (κ1) is 12.2. The van der Waals surface area contributed by atoms with Crippen molar-refractivity contribution in [1.82, 2.24) is 0 Å². The van der Waals surface area contributed by atoms with Crippen molar-refractivity contribution in [3.05, 3.63) is 50.4 Å². The van der Waals surface area contributed by atoms with Crippen LogP contribution in [0.4, 0.5) is 10.1 Å². The van der Waals surface area contributed by atoms with Crippen molar-refractivity contribution in [2.24, 2.45) is 0 Å². The van der Waals surface area contributed by atoms with E-state index in [-0.39, 0.29) is 5.82 Å². The number of thiophene rings is 1. The molecule has 1 N–H and O–H groups in total. The molecule has 0 radical (unpaired) electrons. The molecule has 1 heterocycles. The number of aryl methyl sites for hydroxylation is 1. The second kappa shape index (κ2) is 5.02. The first-order valence-electron chi connectivity index (χ1n) is 6.02. The average Bonchev–Trinajstić information content (AvgIpc) is 2.73. The molecule has 0 saturated heterocycles. The standard InChI is InChI=1S/C14H13BrFNS/c15-14-8-11-12(2-1-3-13(11)18-14)17-10-6-4-9(16)5-7-10/h4-8,12,17H,1-3H2. The van der Waals surface area contributed by atoms with Crippen LogP contribution < -0.4 is 5.32 Å². The number of nitrogens with one attached hydrogen (secondary N) is 1. The van der Waals surface area contributed by atoms with Crippen LogP contribution in [-0.4, -0.2) is 0 Å². The lowest BCUT2D eigenvalue weighted by Gasteiger charge is -2.24. The molecule has 2 aromatic rings. The average molecular weight is 326 g/mol. The zero-order valence-electron chi connectivity index (χ0n) is 9.75. The Bertz CT molecular complexity index is 549. The summed E-state index contributed by atoms with van der Waals surface area (Å²) in [6, 6.07) is 9.14. The van der Waals surface area contributed by atoms with Gasteiger partial charge in [0.25, 0.3) is 0 Å². The van der Waals surface area contributed by atoms with Crippen LogP contribution in [0, 0.1) is 5.82 Å². The first-order valence-corrected chi connectivity index (χ1v) is 7.63. The van der Waals surface area contributed by atoms with Gasteiger partial charge in [-0.1, -0.05) is 0 Å². The van der Waals surface area contributed by atoms with E-state index < -0.39 is 0 Å². The molecule has 1 aliphatic carbocycles. The van der Waals surface area contributed by atoms with Gasteiger partial charge in [-0.15, -0.1) is 11.3 Å². The Kier molecular flexibility index (Phi) is 3.39. The number of benzene rings is 1. The molecule has 1 nitrogen and oxygen atoms in total. The molecule has 0 fully saturated rings. The molecule has 0 spiro atoms. The zero-order chi connectivity index (χ0) is 12.5. The van der Waals surface area contributed by atoms with Gasteiger partial charge in [0.1, 0.15) is 5.82 Å². The van der Waals surface area contributed by atoms with Crippen LogP contribution in [-0.2, 0) is 6.42 Å². The maximum Gasteiger partial charge on any atom is 0.123 e. The molecule has 4 heteroatoms. The van der Waals surface area contributed by atoms with Crippen molar-refractivity contribution in [3.8, 4) is 0 Å². The molecule has 1 aromatic carbocycles. The Labute approximate surface area is 118 Å². The van der Waals surface area contributed by atoms with Gasteiger partial charge in [-0.05, 0) is 71.1 Å². The van der Waals surface area contributed by atoms with E-state index in [9.17, 15) is 4.39 Å². The molecule has 18 heavy (non-hydrogen) atoms. The maximum atomic E-state index is 12.9. The molecule has 1 aromatic heterocycles. The van der Waals surface area contributed by atoms with Gasteiger partial charge in [0.15, 0.2) is 0 Å². The van der Waals surface area contributed by atoms with E-state index in [4.69, 9.17) is 0 Å².